The lowest BCUT2D eigenvalue weighted by atomic mass is 11.7. The van der Waals surface area contributed by atoms with Crippen LogP contribution in [-0.2, 0) is 9.78 Å². The minimum atomic E-state index is -0.174. The van der Waals surface area contributed by atoms with Crippen LogP contribution < -0.4 is 0 Å². The summed E-state index contributed by atoms with van der Waals surface area (Å²) in [6.45, 7) is 2.85. The van der Waals surface area contributed by atoms with Crippen molar-refractivity contribution in [1.29, 1.82) is 0 Å². The van der Waals surface area contributed by atoms with Crippen LogP contribution in [0.3, 0.4) is 0 Å². The lowest BCUT2D eigenvalue weighted by Crippen LogP contribution is -2.10. The lowest BCUT2D eigenvalue weighted by Gasteiger charge is -2.17. The van der Waals surface area contributed by atoms with Crippen LogP contribution in [0.4, 0.5) is 0 Å². The van der Waals surface area contributed by atoms with Gasteiger partial charge in [-0.25, -0.2) is 0 Å². The van der Waals surface area contributed by atoms with Crippen LogP contribution in [0.25, 0.3) is 0 Å². The first-order valence-electron chi connectivity index (χ1n) is 1.45. The van der Waals surface area contributed by atoms with E-state index in [1.165, 1.54) is 0 Å². The van der Waals surface area contributed by atoms with Crippen LogP contribution in [0, 0.1) is 5.21 Å². The summed E-state index contributed by atoms with van der Waals surface area (Å²) in [5, 5.41) is 12.3. The normalized spacial score (nSPS) is 9.00. The van der Waals surface area contributed by atoms with Crippen LogP contribution in [0.15, 0.2) is 5.16 Å². The Morgan fingerprint density at radius 2 is 2.43 bits per heavy atom. The van der Waals surface area contributed by atoms with Gasteiger partial charge >= 0.3 is 0 Å². The maximum atomic E-state index is 9.75. The fourth-order valence-corrected chi connectivity index (χ4v) is 0.0805. The van der Waals surface area contributed by atoms with Gasteiger partial charge in [0.05, 0.1) is 7.11 Å². The second-order valence-electron chi connectivity index (χ2n) is 0.617. The molecular formula is C2H5N2O3-. The zero-order chi connectivity index (χ0) is 5.70. The van der Waals surface area contributed by atoms with Crippen molar-refractivity contribution >= 4 is 6.72 Å². The van der Waals surface area contributed by atoms with Gasteiger partial charge in [-0.1, -0.05) is 10.5 Å². The second-order valence-corrected chi connectivity index (χ2v) is 0.617. The van der Waals surface area contributed by atoms with E-state index in [0.29, 0.717) is 0 Å². The van der Waals surface area contributed by atoms with Crippen molar-refractivity contribution < 1.29 is 9.78 Å². The minimum Gasteiger partial charge on any atom is -0.726 e. The Morgan fingerprint density at radius 1 is 1.86 bits per heavy atom. The summed E-state index contributed by atoms with van der Waals surface area (Å²) in [5.74, 6) is 0. The van der Waals surface area contributed by atoms with Crippen LogP contribution in [0.1, 0.15) is 0 Å². The molecule has 5 heteroatoms. The summed E-state index contributed by atoms with van der Waals surface area (Å²) in [4.78, 5) is 7.67. The number of rotatable bonds is 3. The molecule has 0 radical (unpaired) electrons. The average Bonchev–Trinajstić information content (AvgIpc) is 1.68. The van der Waals surface area contributed by atoms with E-state index in [9.17, 15) is 5.21 Å². The van der Waals surface area contributed by atoms with Crippen molar-refractivity contribution in [2.45, 2.75) is 0 Å². The molecule has 42 valence electrons. The highest BCUT2D eigenvalue weighted by atomic mass is 17.1. The Balaban J connectivity index is 2.98. The minimum absolute atomic E-state index is 0.174. The fourth-order valence-electron chi connectivity index (χ4n) is 0.0805. The largest absolute Gasteiger partial charge is 0.726 e. The van der Waals surface area contributed by atoms with E-state index >= 15 is 0 Å². The zero-order valence-corrected chi connectivity index (χ0v) is 3.83. The molecule has 0 saturated carbocycles. The predicted octanol–water partition coefficient (Wildman–Crippen LogP) is -0.105. The van der Waals surface area contributed by atoms with E-state index in [4.69, 9.17) is 0 Å². The smallest absolute Gasteiger partial charge is 0.0601 e. The molecule has 0 aromatic rings. The third-order valence-corrected chi connectivity index (χ3v) is 0.273. The van der Waals surface area contributed by atoms with Gasteiger partial charge in [-0.15, -0.1) is 0 Å². The molecule has 0 bridgehead atoms. The van der Waals surface area contributed by atoms with Crippen molar-refractivity contribution in [3.8, 4) is 0 Å². The highest BCUT2D eigenvalue weighted by Crippen LogP contribution is 1.82. The quantitative estimate of drug-likeness (QED) is 0.371. The van der Waals surface area contributed by atoms with Crippen LogP contribution >= 0.6 is 0 Å². The summed E-state index contributed by atoms with van der Waals surface area (Å²) in [6, 6.07) is 0. The third-order valence-electron chi connectivity index (χ3n) is 0.273. The molecule has 0 aliphatic carbocycles. The van der Waals surface area contributed by atoms with E-state index in [2.05, 4.69) is 21.6 Å². The molecule has 0 saturated heterocycles. The van der Waals surface area contributed by atoms with Crippen molar-refractivity contribution in [1.82, 2.24) is 5.39 Å². The van der Waals surface area contributed by atoms with Crippen molar-refractivity contribution in [2.24, 2.45) is 5.16 Å². The maximum absolute atomic E-state index is 9.75. The summed E-state index contributed by atoms with van der Waals surface area (Å²) in [7, 11) is 1.15. The van der Waals surface area contributed by atoms with E-state index in [0.717, 1.165) is 7.11 Å². The standard InChI is InChI=1S/C2H5N2O3/c1-3-7-4(5)6-2/h1H2,2H3/q-1. The monoisotopic (exact) mass is 105 g/mol. The van der Waals surface area contributed by atoms with Crippen LogP contribution in [-0.4, -0.2) is 19.2 Å². The Labute approximate surface area is 40.6 Å². The topological polar surface area (TPSA) is 57.1 Å². The van der Waals surface area contributed by atoms with Crippen molar-refractivity contribution in [3.63, 3.8) is 0 Å². The first kappa shape index (κ1) is 6.35. The van der Waals surface area contributed by atoms with Gasteiger partial charge in [-0.05, 0) is 0 Å². The number of nitrogens with zero attached hydrogens (tertiary/aromatic N) is 2. The number of oxime groups is 1. The zero-order valence-electron chi connectivity index (χ0n) is 3.83. The predicted molar refractivity (Wildman–Crippen MR) is 22.8 cm³/mol. The molecule has 0 atom stereocenters. The summed E-state index contributed by atoms with van der Waals surface area (Å²) in [6.07, 6.45) is 0. The van der Waals surface area contributed by atoms with Gasteiger partial charge in [0.15, 0.2) is 0 Å². The lowest BCUT2D eigenvalue weighted by molar-refractivity contribution is -0.323. The summed E-state index contributed by atoms with van der Waals surface area (Å²) >= 11 is 0. The molecule has 0 unspecified atom stereocenters. The number of hydrogen-bond donors (Lipinski definition) is 0. The first-order valence-corrected chi connectivity index (χ1v) is 1.45. The van der Waals surface area contributed by atoms with Gasteiger partial charge in [0.2, 0.25) is 0 Å². The Bertz CT molecular complexity index is 56.9. The molecule has 0 fully saturated rings. The fraction of sp³-hybridized carbons (Fsp3) is 0.500. The van der Waals surface area contributed by atoms with E-state index in [1.807, 2.05) is 0 Å². The number of hydrogen-bond acceptors (Lipinski definition) is 5. The Hall–Kier alpha value is -0.650. The summed E-state index contributed by atoms with van der Waals surface area (Å²) in [5.41, 5.74) is 0. The van der Waals surface area contributed by atoms with Gasteiger partial charge in [0.25, 0.3) is 0 Å². The van der Waals surface area contributed by atoms with E-state index in [1.54, 1.807) is 0 Å². The molecular weight excluding hydrogens is 100 g/mol. The molecule has 0 N–H and O–H groups in total. The summed E-state index contributed by atoms with van der Waals surface area (Å²) < 4.78 is 0. The van der Waals surface area contributed by atoms with Gasteiger partial charge in [-0.2, -0.15) is 0 Å². The molecule has 0 rings (SSSR count). The first-order chi connectivity index (χ1) is 3.31. The van der Waals surface area contributed by atoms with Crippen LogP contribution in [0.2, 0.25) is 0 Å². The van der Waals surface area contributed by atoms with Gasteiger partial charge in [0.1, 0.15) is 0 Å². The molecule has 0 spiro atoms. The Morgan fingerprint density at radius 3 is 2.57 bits per heavy atom. The highest BCUT2D eigenvalue weighted by Gasteiger charge is 1.76. The molecule has 5 nitrogen and oxygen atoms in total. The average molecular weight is 105 g/mol. The van der Waals surface area contributed by atoms with Gasteiger partial charge < -0.3 is 5.21 Å². The molecule has 0 aromatic carbocycles. The van der Waals surface area contributed by atoms with Crippen molar-refractivity contribution in [3.05, 3.63) is 5.21 Å². The van der Waals surface area contributed by atoms with E-state index < -0.39 is 0 Å². The highest BCUT2D eigenvalue weighted by molar-refractivity contribution is 5.21. The van der Waals surface area contributed by atoms with Crippen LogP contribution in [0.5, 0.6) is 0 Å². The van der Waals surface area contributed by atoms with Crippen molar-refractivity contribution in [2.75, 3.05) is 7.11 Å². The molecule has 0 aliphatic rings. The third kappa shape index (κ3) is 3.17. The maximum Gasteiger partial charge on any atom is 0.0601 e. The molecule has 0 amide bonds. The Kier molecular flexibility index (Phi) is 3.21. The van der Waals surface area contributed by atoms with E-state index in [-0.39, 0.29) is 5.39 Å². The SMILES string of the molecule is C=NON([O-])OC. The molecule has 0 heterocycles. The molecule has 7 heavy (non-hydrogen) atoms. The van der Waals surface area contributed by atoms with Gasteiger partial charge in [0, 0.05) is 6.72 Å². The van der Waals surface area contributed by atoms with Gasteiger partial charge in [-0.3, -0.25) is 9.78 Å². The second kappa shape index (κ2) is 3.54. The molecule has 0 aliphatic heterocycles. The molecule has 0 aromatic heterocycles.